The Labute approximate surface area is 181 Å². The first-order chi connectivity index (χ1) is 14.4. The summed E-state index contributed by atoms with van der Waals surface area (Å²) >= 11 is 11.6. The lowest BCUT2D eigenvalue weighted by molar-refractivity contribution is 0.0523. The topological polar surface area (TPSA) is 77.5 Å². The van der Waals surface area contributed by atoms with Crippen LogP contribution in [0.2, 0.25) is 10.0 Å². The van der Waals surface area contributed by atoms with E-state index in [4.69, 9.17) is 32.7 Å². The van der Waals surface area contributed by atoms with Gasteiger partial charge in [-0.2, -0.15) is 0 Å². The number of nitrogens with one attached hydrogen (secondary N) is 1. The highest BCUT2D eigenvalue weighted by Gasteiger charge is 2.17. The van der Waals surface area contributed by atoms with Gasteiger partial charge in [-0.3, -0.25) is 9.78 Å². The number of esters is 1. The molecule has 1 amide bonds. The van der Waals surface area contributed by atoms with E-state index in [1.165, 1.54) is 42.7 Å². The van der Waals surface area contributed by atoms with Gasteiger partial charge in [-0.25, -0.2) is 9.18 Å². The molecule has 30 heavy (non-hydrogen) atoms. The van der Waals surface area contributed by atoms with Gasteiger partial charge in [0.25, 0.3) is 5.91 Å². The monoisotopic (exact) mass is 448 g/mol. The summed E-state index contributed by atoms with van der Waals surface area (Å²) in [6.07, 6.45) is 2.88. The van der Waals surface area contributed by atoms with Crippen LogP contribution in [0.25, 0.3) is 0 Å². The molecule has 1 heterocycles. The van der Waals surface area contributed by atoms with Crippen LogP contribution in [-0.2, 0) is 4.74 Å². The van der Waals surface area contributed by atoms with Gasteiger partial charge in [-0.1, -0.05) is 23.2 Å². The highest BCUT2D eigenvalue weighted by molar-refractivity contribution is 6.31. The summed E-state index contributed by atoms with van der Waals surface area (Å²) in [5, 5.41) is 2.82. The SMILES string of the molecule is CCOC(=O)c1cc(NC(=O)c2ccc(F)c(Cl)c2)ccc1Oc1cncc(Cl)c1. The molecular weight excluding hydrogens is 434 g/mol. The van der Waals surface area contributed by atoms with Gasteiger partial charge in [0.2, 0.25) is 0 Å². The van der Waals surface area contributed by atoms with Gasteiger partial charge in [-0.05, 0) is 43.3 Å². The number of aromatic nitrogens is 1. The Morgan fingerprint density at radius 2 is 1.90 bits per heavy atom. The zero-order chi connectivity index (χ0) is 21.7. The van der Waals surface area contributed by atoms with Gasteiger partial charge in [0.15, 0.2) is 0 Å². The Kier molecular flexibility index (Phi) is 6.87. The summed E-state index contributed by atoms with van der Waals surface area (Å²) < 4.78 is 24.1. The molecule has 2 aromatic carbocycles. The van der Waals surface area contributed by atoms with Crippen molar-refractivity contribution in [2.75, 3.05) is 11.9 Å². The second-order valence-electron chi connectivity index (χ2n) is 5.96. The molecule has 0 saturated heterocycles. The highest BCUT2D eigenvalue weighted by atomic mass is 35.5. The standard InChI is InChI=1S/C21H15Cl2FN2O4/c1-2-29-21(28)16-9-14(26-20(27)12-3-5-18(24)17(23)7-12)4-6-19(16)30-15-8-13(22)10-25-11-15/h3-11H,2H2,1H3,(H,26,27). The van der Waals surface area contributed by atoms with Gasteiger partial charge in [0.05, 0.1) is 22.8 Å². The van der Waals surface area contributed by atoms with Crippen molar-refractivity contribution < 1.29 is 23.5 Å². The maximum Gasteiger partial charge on any atom is 0.342 e. The van der Waals surface area contributed by atoms with Gasteiger partial charge in [0.1, 0.15) is 22.9 Å². The number of ether oxygens (including phenoxy) is 2. The number of hydrogen-bond acceptors (Lipinski definition) is 5. The van der Waals surface area contributed by atoms with E-state index < -0.39 is 17.7 Å². The predicted octanol–water partition coefficient (Wildman–Crippen LogP) is 5.75. The van der Waals surface area contributed by atoms with E-state index in [1.54, 1.807) is 13.0 Å². The van der Waals surface area contributed by atoms with Gasteiger partial charge < -0.3 is 14.8 Å². The van der Waals surface area contributed by atoms with Crippen molar-refractivity contribution in [3.05, 3.63) is 81.8 Å². The number of anilines is 1. The minimum atomic E-state index is -0.636. The Bertz CT molecular complexity index is 1110. The molecule has 9 heteroatoms. The maximum absolute atomic E-state index is 13.3. The molecule has 1 aromatic heterocycles. The normalized spacial score (nSPS) is 10.4. The number of pyridine rings is 1. The first-order valence-electron chi connectivity index (χ1n) is 8.73. The number of carbonyl (C=O) groups excluding carboxylic acids is 2. The van der Waals surface area contributed by atoms with Crippen LogP contribution in [0.1, 0.15) is 27.6 Å². The zero-order valence-electron chi connectivity index (χ0n) is 15.6. The van der Waals surface area contributed by atoms with Crippen LogP contribution in [0.5, 0.6) is 11.5 Å². The van der Waals surface area contributed by atoms with E-state index in [-0.39, 0.29) is 28.5 Å². The molecule has 0 saturated carbocycles. The summed E-state index contributed by atoms with van der Waals surface area (Å²) in [7, 11) is 0. The third-order valence-electron chi connectivity index (χ3n) is 3.82. The highest BCUT2D eigenvalue weighted by Crippen LogP contribution is 2.30. The van der Waals surface area contributed by atoms with Crippen molar-refractivity contribution >= 4 is 40.8 Å². The number of nitrogens with zero attached hydrogens (tertiary/aromatic N) is 1. The summed E-state index contributed by atoms with van der Waals surface area (Å²) in [6, 6.07) is 9.59. The summed E-state index contributed by atoms with van der Waals surface area (Å²) in [5.74, 6) is -1.27. The quantitative estimate of drug-likeness (QED) is 0.485. The fourth-order valence-electron chi connectivity index (χ4n) is 2.48. The van der Waals surface area contributed by atoms with Crippen molar-refractivity contribution in [1.82, 2.24) is 4.98 Å². The average molecular weight is 449 g/mol. The van der Waals surface area contributed by atoms with E-state index in [9.17, 15) is 14.0 Å². The number of rotatable bonds is 6. The minimum Gasteiger partial charge on any atom is -0.462 e. The van der Waals surface area contributed by atoms with Crippen LogP contribution in [-0.4, -0.2) is 23.5 Å². The summed E-state index contributed by atoms with van der Waals surface area (Å²) in [5.41, 5.74) is 0.552. The van der Waals surface area contributed by atoms with Crippen LogP contribution < -0.4 is 10.1 Å². The Morgan fingerprint density at radius 3 is 2.60 bits per heavy atom. The molecule has 6 nitrogen and oxygen atoms in total. The lowest BCUT2D eigenvalue weighted by Crippen LogP contribution is -2.13. The van der Waals surface area contributed by atoms with E-state index in [2.05, 4.69) is 10.3 Å². The fraction of sp³-hybridized carbons (Fsp3) is 0.0952. The van der Waals surface area contributed by atoms with E-state index in [0.29, 0.717) is 16.5 Å². The predicted molar refractivity (Wildman–Crippen MR) is 111 cm³/mol. The number of amides is 1. The Balaban J connectivity index is 1.88. The molecule has 0 atom stereocenters. The van der Waals surface area contributed by atoms with Gasteiger partial charge in [-0.15, -0.1) is 0 Å². The fourth-order valence-corrected chi connectivity index (χ4v) is 2.83. The Morgan fingerprint density at radius 1 is 1.10 bits per heavy atom. The van der Waals surface area contributed by atoms with Gasteiger partial charge >= 0.3 is 5.97 Å². The zero-order valence-corrected chi connectivity index (χ0v) is 17.1. The molecule has 0 spiro atoms. The molecule has 0 aliphatic carbocycles. The molecule has 0 radical (unpaired) electrons. The second-order valence-corrected chi connectivity index (χ2v) is 6.80. The molecule has 1 N–H and O–H groups in total. The molecule has 0 fully saturated rings. The first-order valence-corrected chi connectivity index (χ1v) is 9.49. The first kappa shape index (κ1) is 21.5. The molecular formula is C21H15Cl2FN2O4. The third kappa shape index (κ3) is 5.25. The smallest absolute Gasteiger partial charge is 0.342 e. The third-order valence-corrected chi connectivity index (χ3v) is 4.32. The van der Waals surface area contributed by atoms with Crippen LogP contribution in [0.3, 0.4) is 0 Å². The number of carbonyl (C=O) groups is 2. The molecule has 3 aromatic rings. The Hall–Kier alpha value is -3.16. The van der Waals surface area contributed by atoms with E-state index in [0.717, 1.165) is 6.07 Å². The lowest BCUT2D eigenvalue weighted by Gasteiger charge is -2.13. The maximum atomic E-state index is 13.3. The molecule has 0 aliphatic rings. The lowest BCUT2D eigenvalue weighted by atomic mass is 10.1. The molecule has 0 unspecified atom stereocenters. The van der Waals surface area contributed by atoms with Crippen molar-refractivity contribution in [2.24, 2.45) is 0 Å². The summed E-state index contributed by atoms with van der Waals surface area (Å²) in [4.78, 5) is 28.8. The molecule has 154 valence electrons. The minimum absolute atomic E-state index is 0.0896. The van der Waals surface area contributed by atoms with Crippen molar-refractivity contribution in [2.45, 2.75) is 6.92 Å². The van der Waals surface area contributed by atoms with Crippen LogP contribution >= 0.6 is 23.2 Å². The van der Waals surface area contributed by atoms with E-state index >= 15 is 0 Å². The number of hydrogen-bond donors (Lipinski definition) is 1. The molecule has 3 rings (SSSR count). The van der Waals surface area contributed by atoms with Crippen LogP contribution in [0, 0.1) is 5.82 Å². The number of halogens is 3. The summed E-state index contributed by atoms with van der Waals surface area (Å²) in [6.45, 7) is 1.82. The van der Waals surface area contributed by atoms with Crippen molar-refractivity contribution in [3.63, 3.8) is 0 Å². The van der Waals surface area contributed by atoms with Crippen molar-refractivity contribution in [1.29, 1.82) is 0 Å². The molecule has 0 aliphatic heterocycles. The number of benzene rings is 2. The van der Waals surface area contributed by atoms with Crippen LogP contribution in [0.4, 0.5) is 10.1 Å². The van der Waals surface area contributed by atoms with E-state index in [1.807, 2.05) is 0 Å². The molecule has 0 bridgehead atoms. The van der Waals surface area contributed by atoms with Crippen molar-refractivity contribution in [3.8, 4) is 11.5 Å². The second kappa shape index (κ2) is 9.56. The van der Waals surface area contributed by atoms with Gasteiger partial charge in [0, 0.05) is 23.5 Å². The largest absolute Gasteiger partial charge is 0.462 e. The van der Waals surface area contributed by atoms with Crippen LogP contribution in [0.15, 0.2) is 54.9 Å². The average Bonchev–Trinajstić information content (AvgIpc) is 2.71.